The van der Waals surface area contributed by atoms with Crippen molar-refractivity contribution in [1.82, 2.24) is 5.32 Å². The summed E-state index contributed by atoms with van der Waals surface area (Å²) >= 11 is 1.44. The summed E-state index contributed by atoms with van der Waals surface area (Å²) in [6.07, 6.45) is 4.15. The molecule has 1 aliphatic heterocycles. The minimum Gasteiger partial charge on any atom is -0.497 e. The molecule has 2 aliphatic rings. The molecule has 2 amide bonds. The van der Waals surface area contributed by atoms with Gasteiger partial charge in [0.25, 0.3) is 11.8 Å². The molecular weight excluding hydrogens is 424 g/mol. The van der Waals surface area contributed by atoms with Gasteiger partial charge >= 0.3 is 0 Å². The predicted octanol–water partition coefficient (Wildman–Crippen LogP) is 2.80. The number of hydrogen-bond donors (Lipinski definition) is 2. The number of benzene rings is 1. The van der Waals surface area contributed by atoms with Gasteiger partial charge in [-0.15, -0.1) is 11.3 Å². The fraction of sp³-hybridized carbons (Fsp3) is 0.429. The molecule has 1 saturated heterocycles. The van der Waals surface area contributed by atoms with Crippen molar-refractivity contribution in [2.24, 2.45) is 0 Å². The molecule has 1 atom stereocenters. The lowest BCUT2D eigenvalue weighted by Gasteiger charge is -2.15. The Morgan fingerprint density at radius 2 is 1.83 bits per heavy atom. The summed E-state index contributed by atoms with van der Waals surface area (Å²) in [5, 5.41) is 6.31. The number of sulfone groups is 1. The van der Waals surface area contributed by atoms with Crippen molar-refractivity contribution in [3.05, 3.63) is 45.8 Å². The number of carbonyl (C=O) groups excluding carboxylic acids is 2. The first-order chi connectivity index (χ1) is 14.4. The molecule has 1 aliphatic carbocycles. The van der Waals surface area contributed by atoms with Gasteiger partial charge in [-0.3, -0.25) is 9.59 Å². The van der Waals surface area contributed by atoms with Crippen LogP contribution in [0.4, 0.5) is 5.00 Å². The average Bonchev–Trinajstić information content (AvgIpc) is 3.26. The number of aryl methyl sites for hydroxylation is 1. The van der Waals surface area contributed by atoms with E-state index >= 15 is 0 Å². The topological polar surface area (TPSA) is 102 Å². The van der Waals surface area contributed by atoms with Crippen molar-refractivity contribution in [3.63, 3.8) is 0 Å². The molecule has 0 spiro atoms. The van der Waals surface area contributed by atoms with E-state index in [-0.39, 0.29) is 29.4 Å². The first-order valence-corrected chi connectivity index (χ1v) is 12.6. The maximum Gasteiger partial charge on any atom is 0.256 e. The Hall–Kier alpha value is -2.39. The number of ether oxygens (including phenoxy) is 1. The van der Waals surface area contributed by atoms with Crippen LogP contribution >= 0.6 is 11.3 Å². The number of thiophene rings is 1. The summed E-state index contributed by atoms with van der Waals surface area (Å²) in [6.45, 7) is 0. The quantitative estimate of drug-likeness (QED) is 0.732. The van der Waals surface area contributed by atoms with Gasteiger partial charge in [-0.2, -0.15) is 0 Å². The summed E-state index contributed by atoms with van der Waals surface area (Å²) in [4.78, 5) is 27.0. The van der Waals surface area contributed by atoms with Gasteiger partial charge in [-0.1, -0.05) is 0 Å². The second-order valence-corrected chi connectivity index (χ2v) is 11.0. The summed E-state index contributed by atoms with van der Waals surface area (Å²) in [5.41, 5.74) is 1.94. The summed E-state index contributed by atoms with van der Waals surface area (Å²) in [7, 11) is -1.53. The lowest BCUT2D eigenvalue weighted by molar-refractivity contribution is 0.0941. The van der Waals surface area contributed by atoms with Crippen LogP contribution in [0.1, 0.15) is 50.4 Å². The zero-order chi connectivity index (χ0) is 21.3. The molecule has 1 aromatic carbocycles. The molecule has 1 fully saturated rings. The van der Waals surface area contributed by atoms with Crippen LogP contribution < -0.4 is 15.4 Å². The van der Waals surface area contributed by atoms with Gasteiger partial charge in [0.05, 0.1) is 24.2 Å². The van der Waals surface area contributed by atoms with Crippen LogP contribution in [-0.4, -0.2) is 44.9 Å². The number of fused-ring (bicyclic) bond motifs is 1. The van der Waals surface area contributed by atoms with Crippen molar-refractivity contribution >= 4 is 38.0 Å². The molecule has 1 aromatic heterocycles. The van der Waals surface area contributed by atoms with Crippen molar-refractivity contribution in [3.8, 4) is 5.75 Å². The molecule has 2 aromatic rings. The van der Waals surface area contributed by atoms with Gasteiger partial charge in [0, 0.05) is 16.5 Å². The number of rotatable bonds is 5. The summed E-state index contributed by atoms with van der Waals surface area (Å²) in [6, 6.07) is 6.38. The second-order valence-electron chi connectivity index (χ2n) is 7.67. The third-order valence-corrected chi connectivity index (χ3v) is 8.52. The molecule has 9 heteroatoms. The molecule has 2 N–H and O–H groups in total. The van der Waals surface area contributed by atoms with Crippen molar-refractivity contribution in [2.75, 3.05) is 23.9 Å². The lowest BCUT2D eigenvalue weighted by atomic mass is 9.95. The Bertz CT molecular complexity index is 1070. The molecule has 160 valence electrons. The smallest absolute Gasteiger partial charge is 0.256 e. The third kappa shape index (κ3) is 4.37. The Morgan fingerprint density at radius 3 is 2.50 bits per heavy atom. The van der Waals surface area contributed by atoms with E-state index in [2.05, 4.69) is 10.6 Å². The maximum absolute atomic E-state index is 13.1. The van der Waals surface area contributed by atoms with Crippen LogP contribution in [0.25, 0.3) is 0 Å². The molecule has 0 saturated carbocycles. The van der Waals surface area contributed by atoms with Crippen LogP contribution in [0.15, 0.2) is 24.3 Å². The van der Waals surface area contributed by atoms with E-state index in [9.17, 15) is 18.0 Å². The Balaban J connectivity index is 1.58. The number of methoxy groups -OCH3 is 1. The van der Waals surface area contributed by atoms with E-state index in [0.717, 1.165) is 36.1 Å². The average molecular weight is 449 g/mol. The van der Waals surface area contributed by atoms with Gasteiger partial charge in [-0.05, 0) is 61.9 Å². The Kier molecular flexibility index (Phi) is 5.84. The maximum atomic E-state index is 13.1. The van der Waals surface area contributed by atoms with E-state index in [1.54, 1.807) is 31.4 Å². The Morgan fingerprint density at radius 1 is 1.10 bits per heavy atom. The molecule has 7 nitrogen and oxygen atoms in total. The SMILES string of the molecule is COc1ccc(C(=O)Nc2sc3c(c2C(=O)N[C@H]2CCS(=O)(=O)C2)CCCC3)cc1. The molecule has 4 rings (SSSR count). The highest BCUT2D eigenvalue weighted by Crippen LogP contribution is 2.38. The predicted molar refractivity (Wildman–Crippen MR) is 116 cm³/mol. The number of amides is 2. The zero-order valence-corrected chi connectivity index (χ0v) is 18.3. The van der Waals surface area contributed by atoms with E-state index in [1.807, 2.05) is 0 Å². The number of carbonyl (C=O) groups is 2. The molecule has 0 radical (unpaired) electrons. The van der Waals surface area contributed by atoms with Crippen LogP contribution in [-0.2, 0) is 22.7 Å². The second kappa shape index (κ2) is 8.39. The first kappa shape index (κ1) is 20.9. The highest BCUT2D eigenvalue weighted by atomic mass is 32.2. The summed E-state index contributed by atoms with van der Waals surface area (Å²) in [5.74, 6) is 0.124. The van der Waals surface area contributed by atoms with Crippen molar-refractivity contribution in [2.45, 2.75) is 38.1 Å². The highest BCUT2D eigenvalue weighted by molar-refractivity contribution is 7.91. The number of nitrogens with one attached hydrogen (secondary N) is 2. The van der Waals surface area contributed by atoms with E-state index in [0.29, 0.717) is 28.3 Å². The fourth-order valence-corrected chi connectivity index (χ4v) is 6.93. The van der Waals surface area contributed by atoms with Crippen LogP contribution in [0.5, 0.6) is 5.75 Å². The van der Waals surface area contributed by atoms with Gasteiger partial charge in [0.1, 0.15) is 10.8 Å². The minimum absolute atomic E-state index is 0.0292. The fourth-order valence-electron chi connectivity index (χ4n) is 3.98. The van der Waals surface area contributed by atoms with Gasteiger partial charge in [-0.25, -0.2) is 8.42 Å². The molecule has 0 bridgehead atoms. The van der Waals surface area contributed by atoms with E-state index in [4.69, 9.17) is 4.74 Å². The molecule has 2 heterocycles. The van der Waals surface area contributed by atoms with Crippen LogP contribution in [0.2, 0.25) is 0 Å². The number of hydrogen-bond acceptors (Lipinski definition) is 6. The Labute approximate surface area is 179 Å². The third-order valence-electron chi connectivity index (χ3n) is 5.55. The summed E-state index contributed by atoms with van der Waals surface area (Å²) < 4.78 is 28.6. The van der Waals surface area contributed by atoms with E-state index in [1.165, 1.54) is 11.3 Å². The van der Waals surface area contributed by atoms with Gasteiger partial charge in [0.15, 0.2) is 9.84 Å². The highest BCUT2D eigenvalue weighted by Gasteiger charge is 2.32. The molecule has 0 unspecified atom stereocenters. The van der Waals surface area contributed by atoms with Crippen molar-refractivity contribution in [1.29, 1.82) is 0 Å². The largest absolute Gasteiger partial charge is 0.497 e. The lowest BCUT2D eigenvalue weighted by Crippen LogP contribution is -2.36. The normalized spacial score (nSPS) is 19.7. The standard InChI is InChI=1S/C21H24N2O5S2/c1-28-15-8-6-13(7-9-15)19(24)23-21-18(16-4-2-3-5-17(16)29-21)20(25)22-14-10-11-30(26,27)12-14/h6-9,14H,2-5,10-12H2,1H3,(H,22,25)(H,23,24)/t14-/m0/s1. The zero-order valence-electron chi connectivity index (χ0n) is 16.7. The van der Waals surface area contributed by atoms with Gasteiger partial charge in [0.2, 0.25) is 0 Å². The first-order valence-electron chi connectivity index (χ1n) is 9.97. The van der Waals surface area contributed by atoms with Crippen LogP contribution in [0.3, 0.4) is 0 Å². The molecular formula is C21H24N2O5S2. The molecule has 30 heavy (non-hydrogen) atoms. The van der Waals surface area contributed by atoms with Crippen molar-refractivity contribution < 1.29 is 22.7 Å². The van der Waals surface area contributed by atoms with Gasteiger partial charge < -0.3 is 15.4 Å². The number of anilines is 1. The minimum atomic E-state index is -3.09. The van der Waals surface area contributed by atoms with E-state index < -0.39 is 9.84 Å². The monoisotopic (exact) mass is 448 g/mol. The van der Waals surface area contributed by atoms with Crippen LogP contribution in [0, 0.1) is 0 Å².